The standard InChI is InChI=1S/C21H26N4O4S/c26-17(18-2-1-13-30-18)4-6-20(27)22-8-7-21(28)24-15-16-3-5-19(23-14-16)25-9-11-29-12-10-25/h1-3,5,13-14H,4,6-12,15H2,(H,22,27)(H,24,28). The Labute approximate surface area is 179 Å². The van der Waals surface area contributed by atoms with E-state index in [1.807, 2.05) is 23.6 Å². The molecule has 0 unspecified atom stereocenters. The van der Waals surface area contributed by atoms with Crippen molar-refractivity contribution < 1.29 is 19.1 Å². The first-order chi connectivity index (χ1) is 14.6. The van der Waals surface area contributed by atoms with Gasteiger partial charge in [-0.2, -0.15) is 0 Å². The van der Waals surface area contributed by atoms with Crippen molar-refractivity contribution in [1.82, 2.24) is 15.6 Å². The van der Waals surface area contributed by atoms with Crippen LogP contribution in [0.1, 0.15) is 34.5 Å². The number of carbonyl (C=O) groups excluding carboxylic acids is 3. The first-order valence-corrected chi connectivity index (χ1v) is 10.9. The molecule has 9 heteroatoms. The predicted molar refractivity (Wildman–Crippen MR) is 115 cm³/mol. The molecule has 1 aliphatic rings. The maximum absolute atomic E-state index is 12.0. The van der Waals surface area contributed by atoms with Crippen molar-refractivity contribution in [2.24, 2.45) is 0 Å². The van der Waals surface area contributed by atoms with E-state index in [-0.39, 0.29) is 43.4 Å². The predicted octanol–water partition coefficient (Wildman–Crippen LogP) is 1.77. The first kappa shape index (κ1) is 21.9. The molecule has 1 fully saturated rings. The van der Waals surface area contributed by atoms with E-state index >= 15 is 0 Å². The largest absolute Gasteiger partial charge is 0.378 e. The molecule has 0 radical (unpaired) electrons. The number of nitrogens with zero attached hydrogens (tertiary/aromatic N) is 2. The molecule has 0 spiro atoms. The van der Waals surface area contributed by atoms with Crippen LogP contribution in [0, 0.1) is 0 Å². The van der Waals surface area contributed by atoms with Gasteiger partial charge in [0.05, 0.1) is 18.1 Å². The molecule has 0 bridgehead atoms. The molecule has 1 aliphatic heterocycles. The lowest BCUT2D eigenvalue weighted by Crippen LogP contribution is -2.36. The van der Waals surface area contributed by atoms with Gasteiger partial charge in [-0.3, -0.25) is 14.4 Å². The fourth-order valence-corrected chi connectivity index (χ4v) is 3.68. The molecule has 3 heterocycles. The second kappa shape index (κ2) is 11.4. The third-order valence-corrected chi connectivity index (χ3v) is 5.59. The van der Waals surface area contributed by atoms with Crippen LogP contribution in [-0.4, -0.2) is 55.4 Å². The van der Waals surface area contributed by atoms with Gasteiger partial charge < -0.3 is 20.3 Å². The van der Waals surface area contributed by atoms with Crippen molar-refractivity contribution in [1.29, 1.82) is 0 Å². The van der Waals surface area contributed by atoms with Crippen LogP contribution >= 0.6 is 11.3 Å². The van der Waals surface area contributed by atoms with Crippen molar-refractivity contribution in [3.63, 3.8) is 0 Å². The number of thiophene rings is 1. The molecule has 2 aromatic rings. The van der Waals surface area contributed by atoms with Crippen molar-refractivity contribution in [2.75, 3.05) is 37.7 Å². The summed E-state index contributed by atoms with van der Waals surface area (Å²) < 4.78 is 5.34. The summed E-state index contributed by atoms with van der Waals surface area (Å²) >= 11 is 1.37. The van der Waals surface area contributed by atoms with Gasteiger partial charge in [-0.25, -0.2) is 4.98 Å². The number of nitrogens with one attached hydrogen (secondary N) is 2. The SMILES string of the molecule is O=C(CCC(=O)c1cccs1)NCCC(=O)NCc1ccc(N2CCOCC2)nc1. The molecular formula is C21H26N4O4S. The van der Waals surface area contributed by atoms with E-state index in [0.29, 0.717) is 24.6 Å². The summed E-state index contributed by atoms with van der Waals surface area (Å²) in [6, 6.07) is 7.46. The van der Waals surface area contributed by atoms with Gasteiger partial charge in [0.2, 0.25) is 11.8 Å². The normalized spacial score (nSPS) is 13.7. The van der Waals surface area contributed by atoms with Crippen molar-refractivity contribution in [2.45, 2.75) is 25.8 Å². The molecule has 0 aliphatic carbocycles. The number of ether oxygens (including phenoxy) is 1. The number of hydrogen-bond acceptors (Lipinski definition) is 7. The van der Waals surface area contributed by atoms with Crippen molar-refractivity contribution >= 4 is 34.8 Å². The summed E-state index contributed by atoms with van der Waals surface area (Å²) in [6.07, 6.45) is 2.24. The van der Waals surface area contributed by atoms with E-state index in [1.165, 1.54) is 11.3 Å². The number of pyridine rings is 1. The van der Waals surface area contributed by atoms with Gasteiger partial charge in [-0.15, -0.1) is 11.3 Å². The van der Waals surface area contributed by atoms with E-state index in [9.17, 15) is 14.4 Å². The highest BCUT2D eigenvalue weighted by Crippen LogP contribution is 2.13. The molecule has 2 amide bonds. The average Bonchev–Trinajstić information content (AvgIpc) is 3.32. The molecule has 2 N–H and O–H groups in total. The summed E-state index contributed by atoms with van der Waals surface area (Å²) in [5.41, 5.74) is 0.913. The zero-order valence-electron chi connectivity index (χ0n) is 16.8. The van der Waals surface area contributed by atoms with Crippen LogP contribution in [0.25, 0.3) is 0 Å². The maximum atomic E-state index is 12.0. The highest BCUT2D eigenvalue weighted by molar-refractivity contribution is 7.12. The van der Waals surface area contributed by atoms with Crippen LogP contribution in [0.15, 0.2) is 35.8 Å². The average molecular weight is 431 g/mol. The maximum Gasteiger partial charge on any atom is 0.222 e. The minimum Gasteiger partial charge on any atom is -0.378 e. The highest BCUT2D eigenvalue weighted by atomic mass is 32.1. The molecule has 0 atom stereocenters. The molecule has 2 aromatic heterocycles. The quantitative estimate of drug-likeness (QED) is 0.557. The van der Waals surface area contributed by atoms with Gasteiger partial charge in [0.15, 0.2) is 5.78 Å². The zero-order chi connectivity index (χ0) is 21.2. The van der Waals surface area contributed by atoms with Gasteiger partial charge in [0, 0.05) is 51.6 Å². The van der Waals surface area contributed by atoms with Crippen LogP contribution in [0.3, 0.4) is 0 Å². The Morgan fingerprint density at radius 3 is 2.53 bits per heavy atom. The Bertz CT molecular complexity index is 833. The molecular weight excluding hydrogens is 404 g/mol. The second-order valence-corrected chi connectivity index (χ2v) is 7.85. The summed E-state index contributed by atoms with van der Waals surface area (Å²) in [5.74, 6) is 0.498. The van der Waals surface area contributed by atoms with Gasteiger partial charge in [0.1, 0.15) is 5.82 Å². The van der Waals surface area contributed by atoms with Crippen LogP contribution in [0.4, 0.5) is 5.82 Å². The van der Waals surface area contributed by atoms with Crippen LogP contribution in [0.5, 0.6) is 0 Å². The highest BCUT2D eigenvalue weighted by Gasteiger charge is 2.12. The number of anilines is 1. The van der Waals surface area contributed by atoms with Gasteiger partial charge in [-0.1, -0.05) is 12.1 Å². The molecule has 3 rings (SSSR count). The minimum atomic E-state index is -0.226. The summed E-state index contributed by atoms with van der Waals surface area (Å²) in [7, 11) is 0. The lowest BCUT2D eigenvalue weighted by Gasteiger charge is -2.27. The molecule has 0 saturated carbocycles. The topological polar surface area (TPSA) is 101 Å². The summed E-state index contributed by atoms with van der Waals surface area (Å²) in [5, 5.41) is 7.34. The van der Waals surface area contributed by atoms with E-state index in [4.69, 9.17) is 4.74 Å². The Morgan fingerprint density at radius 2 is 1.83 bits per heavy atom. The van der Waals surface area contributed by atoms with Gasteiger partial charge in [0.25, 0.3) is 0 Å². The number of ketones is 1. The van der Waals surface area contributed by atoms with Gasteiger partial charge >= 0.3 is 0 Å². The first-order valence-electron chi connectivity index (χ1n) is 9.99. The minimum absolute atomic E-state index is 0.0360. The Hall–Kier alpha value is -2.78. The van der Waals surface area contributed by atoms with Crippen LogP contribution in [-0.2, 0) is 20.9 Å². The molecule has 8 nitrogen and oxygen atoms in total. The lowest BCUT2D eigenvalue weighted by molar-refractivity contribution is -0.122. The Balaban J connectivity index is 1.29. The molecule has 1 saturated heterocycles. The number of carbonyl (C=O) groups is 3. The third-order valence-electron chi connectivity index (χ3n) is 4.68. The number of aromatic nitrogens is 1. The lowest BCUT2D eigenvalue weighted by atomic mass is 10.2. The molecule has 30 heavy (non-hydrogen) atoms. The van der Waals surface area contributed by atoms with E-state index in [2.05, 4.69) is 20.5 Å². The third kappa shape index (κ3) is 6.93. The van der Waals surface area contributed by atoms with Crippen LogP contribution in [0.2, 0.25) is 0 Å². The zero-order valence-corrected chi connectivity index (χ0v) is 17.6. The summed E-state index contributed by atoms with van der Waals surface area (Å²) in [4.78, 5) is 43.0. The van der Waals surface area contributed by atoms with E-state index in [1.54, 1.807) is 12.3 Å². The van der Waals surface area contributed by atoms with E-state index < -0.39 is 0 Å². The van der Waals surface area contributed by atoms with Crippen LogP contribution < -0.4 is 15.5 Å². The number of Topliss-reactive ketones (excluding diaryl/α,β-unsaturated/α-hetero) is 1. The Kier molecular flexibility index (Phi) is 8.34. The van der Waals surface area contributed by atoms with E-state index in [0.717, 1.165) is 24.5 Å². The van der Waals surface area contributed by atoms with Crippen molar-refractivity contribution in [3.05, 3.63) is 46.3 Å². The molecule has 160 valence electrons. The number of morpholine rings is 1. The summed E-state index contributed by atoms with van der Waals surface area (Å²) in [6.45, 7) is 3.71. The smallest absolute Gasteiger partial charge is 0.222 e. The number of amides is 2. The number of hydrogen-bond donors (Lipinski definition) is 2. The number of rotatable bonds is 10. The monoisotopic (exact) mass is 430 g/mol. The van der Waals surface area contributed by atoms with Gasteiger partial charge in [-0.05, 0) is 23.1 Å². The fraction of sp³-hybridized carbons (Fsp3) is 0.429. The van der Waals surface area contributed by atoms with Crippen molar-refractivity contribution in [3.8, 4) is 0 Å². The fourth-order valence-electron chi connectivity index (χ4n) is 2.98. The molecule has 0 aromatic carbocycles. The second-order valence-electron chi connectivity index (χ2n) is 6.90. The Morgan fingerprint density at radius 1 is 1.03 bits per heavy atom.